The first-order chi connectivity index (χ1) is 17.2. The molecule has 3 N–H and O–H groups in total. The van der Waals surface area contributed by atoms with Crippen molar-refractivity contribution in [2.75, 3.05) is 6.54 Å². The first-order valence-corrected chi connectivity index (χ1v) is 11.6. The van der Waals surface area contributed by atoms with E-state index in [-0.39, 0.29) is 12.5 Å². The van der Waals surface area contributed by atoms with E-state index in [2.05, 4.69) is 27.3 Å². The van der Waals surface area contributed by atoms with Gasteiger partial charge in [-0.25, -0.2) is 4.98 Å². The van der Waals surface area contributed by atoms with Gasteiger partial charge in [-0.1, -0.05) is 17.0 Å². The van der Waals surface area contributed by atoms with Crippen molar-refractivity contribution in [3.8, 4) is 23.2 Å². The van der Waals surface area contributed by atoms with Crippen molar-refractivity contribution in [1.82, 2.24) is 20.0 Å². The van der Waals surface area contributed by atoms with Gasteiger partial charge in [-0.15, -0.1) is 0 Å². The topological polar surface area (TPSA) is 113 Å². The Morgan fingerprint density at radius 2 is 1.75 bits per heavy atom. The highest BCUT2D eigenvalue weighted by atomic mass is 16.5. The molecule has 0 bridgehead atoms. The number of imidazole rings is 1. The highest BCUT2D eigenvalue weighted by Gasteiger charge is 2.15. The Morgan fingerprint density at radius 1 is 1.11 bits per heavy atom. The minimum atomic E-state index is -0.962. The fraction of sp³-hybridized carbons (Fsp3) is 0.250. The van der Waals surface area contributed by atoms with E-state index in [4.69, 9.17) is 4.52 Å². The molecule has 0 radical (unpaired) electrons. The van der Waals surface area contributed by atoms with E-state index in [1.807, 2.05) is 34.9 Å². The summed E-state index contributed by atoms with van der Waals surface area (Å²) >= 11 is 0. The van der Waals surface area contributed by atoms with E-state index in [1.54, 1.807) is 57.4 Å². The maximum atomic E-state index is 12.2. The van der Waals surface area contributed by atoms with Crippen LogP contribution >= 0.6 is 0 Å². The lowest BCUT2D eigenvalue weighted by Crippen LogP contribution is -2.38. The number of benzene rings is 2. The molecule has 0 aliphatic heterocycles. The zero-order valence-electron chi connectivity index (χ0n) is 20.4. The Labute approximate surface area is 209 Å². The summed E-state index contributed by atoms with van der Waals surface area (Å²) in [4.78, 5) is 16.3. The number of carbonyl (C=O) groups is 1. The molecule has 36 heavy (non-hydrogen) atoms. The van der Waals surface area contributed by atoms with Crippen LogP contribution < -0.4 is 5.32 Å². The van der Waals surface area contributed by atoms with Crippen molar-refractivity contribution in [3.63, 3.8) is 0 Å². The summed E-state index contributed by atoms with van der Waals surface area (Å²) in [6, 6.07) is 16.5. The molecule has 0 aliphatic rings. The number of aliphatic hydroxyl groups is 2. The number of hydrogen-bond acceptors (Lipinski definition) is 6. The van der Waals surface area contributed by atoms with Gasteiger partial charge < -0.3 is 24.6 Å². The maximum absolute atomic E-state index is 12.2. The smallest absolute Gasteiger partial charge is 0.251 e. The summed E-state index contributed by atoms with van der Waals surface area (Å²) in [7, 11) is 0. The highest BCUT2D eigenvalue weighted by Crippen LogP contribution is 2.22. The fourth-order valence-corrected chi connectivity index (χ4v) is 3.48. The minimum Gasteiger partial charge on any atom is -0.389 e. The van der Waals surface area contributed by atoms with Crippen molar-refractivity contribution in [1.29, 1.82) is 0 Å². The molecule has 8 heteroatoms. The molecule has 1 atom stereocenters. The van der Waals surface area contributed by atoms with Gasteiger partial charge in [-0.05, 0) is 69.3 Å². The summed E-state index contributed by atoms with van der Waals surface area (Å²) in [5.41, 5.74) is 2.78. The van der Waals surface area contributed by atoms with E-state index in [9.17, 15) is 15.0 Å². The SMILES string of the molecule is C[C@H](O)c1nccn1Cc1cc(-c2ccc(C#Cc3ccc(C(=O)NCC(C)(C)O)cc3)cc2)on1. The highest BCUT2D eigenvalue weighted by molar-refractivity contribution is 5.94. The number of nitrogens with zero attached hydrogens (tertiary/aromatic N) is 3. The zero-order valence-corrected chi connectivity index (χ0v) is 20.4. The largest absolute Gasteiger partial charge is 0.389 e. The quantitative estimate of drug-likeness (QED) is 0.346. The summed E-state index contributed by atoms with van der Waals surface area (Å²) < 4.78 is 7.34. The molecular weight excluding hydrogens is 456 g/mol. The maximum Gasteiger partial charge on any atom is 0.251 e. The summed E-state index contributed by atoms with van der Waals surface area (Å²) in [5.74, 6) is 7.20. The van der Waals surface area contributed by atoms with Gasteiger partial charge in [0.1, 0.15) is 17.6 Å². The van der Waals surface area contributed by atoms with Crippen LogP contribution in [-0.2, 0) is 6.54 Å². The van der Waals surface area contributed by atoms with Crippen LogP contribution in [0.2, 0.25) is 0 Å². The Hall–Kier alpha value is -4.19. The number of hydrogen-bond donors (Lipinski definition) is 3. The summed E-state index contributed by atoms with van der Waals surface area (Å²) in [5, 5.41) is 26.4. The number of amides is 1. The van der Waals surface area contributed by atoms with Gasteiger partial charge >= 0.3 is 0 Å². The number of carbonyl (C=O) groups excluding carboxylic acids is 1. The Balaban J connectivity index is 1.38. The van der Waals surface area contributed by atoms with E-state index in [1.165, 1.54) is 0 Å². The first kappa shape index (κ1) is 24.9. The van der Waals surface area contributed by atoms with Gasteiger partial charge in [0, 0.05) is 47.3 Å². The van der Waals surface area contributed by atoms with Crippen LogP contribution in [0.1, 0.15) is 59.9 Å². The van der Waals surface area contributed by atoms with Crippen LogP contribution in [-0.4, -0.2) is 43.0 Å². The lowest BCUT2D eigenvalue weighted by molar-refractivity contribution is 0.0694. The van der Waals surface area contributed by atoms with E-state index in [0.717, 1.165) is 22.4 Å². The molecule has 0 fully saturated rings. The molecule has 4 rings (SSSR count). The van der Waals surface area contributed by atoms with Crippen LogP contribution in [0.3, 0.4) is 0 Å². The molecule has 2 aromatic carbocycles. The average Bonchev–Trinajstić information content (AvgIpc) is 3.52. The second-order valence-corrected chi connectivity index (χ2v) is 9.17. The van der Waals surface area contributed by atoms with Crippen LogP contribution in [0, 0.1) is 11.8 Å². The molecular formula is C28H28N4O4. The van der Waals surface area contributed by atoms with Gasteiger partial charge in [0.05, 0.1) is 12.1 Å². The van der Waals surface area contributed by atoms with E-state index in [0.29, 0.717) is 23.7 Å². The Kier molecular flexibility index (Phi) is 7.34. The first-order valence-electron chi connectivity index (χ1n) is 11.6. The third-order valence-corrected chi connectivity index (χ3v) is 5.36. The van der Waals surface area contributed by atoms with Crippen molar-refractivity contribution in [2.24, 2.45) is 0 Å². The molecule has 1 amide bonds. The fourth-order valence-electron chi connectivity index (χ4n) is 3.48. The van der Waals surface area contributed by atoms with Crippen molar-refractivity contribution >= 4 is 5.91 Å². The molecule has 0 spiro atoms. The van der Waals surface area contributed by atoms with Crippen molar-refractivity contribution < 1.29 is 19.5 Å². The Morgan fingerprint density at radius 3 is 2.36 bits per heavy atom. The van der Waals surface area contributed by atoms with E-state index < -0.39 is 11.7 Å². The third-order valence-electron chi connectivity index (χ3n) is 5.36. The molecule has 8 nitrogen and oxygen atoms in total. The molecule has 0 unspecified atom stereocenters. The Bertz CT molecular complexity index is 1380. The van der Waals surface area contributed by atoms with Crippen LogP contribution in [0.5, 0.6) is 0 Å². The molecule has 0 aliphatic carbocycles. The second kappa shape index (κ2) is 10.6. The molecule has 184 valence electrons. The number of rotatable bonds is 7. The molecule has 0 saturated carbocycles. The van der Waals surface area contributed by atoms with Crippen LogP contribution in [0.4, 0.5) is 0 Å². The predicted octanol–water partition coefficient (Wildman–Crippen LogP) is 3.54. The van der Waals surface area contributed by atoms with Gasteiger partial charge in [-0.3, -0.25) is 4.79 Å². The standard InChI is InChI=1S/C28H28N4O4/c1-19(33)26-29-14-15-32(26)17-24-16-25(36-31-24)22-10-6-20(7-11-22)4-5-21-8-12-23(13-9-21)27(34)30-18-28(2,3)35/h6-16,19,33,35H,17-18H2,1-3H3,(H,30,34)/t19-/m0/s1. The third kappa shape index (κ3) is 6.48. The summed E-state index contributed by atoms with van der Waals surface area (Å²) in [6.45, 7) is 5.57. The van der Waals surface area contributed by atoms with E-state index >= 15 is 0 Å². The normalized spacial score (nSPS) is 12.0. The lowest BCUT2D eigenvalue weighted by atomic mass is 10.1. The van der Waals surface area contributed by atoms with Crippen molar-refractivity contribution in [3.05, 3.63) is 95.2 Å². The zero-order chi connectivity index (χ0) is 25.7. The summed E-state index contributed by atoms with van der Waals surface area (Å²) in [6.07, 6.45) is 2.78. The van der Waals surface area contributed by atoms with Gasteiger partial charge in [0.25, 0.3) is 5.91 Å². The minimum absolute atomic E-state index is 0.174. The van der Waals surface area contributed by atoms with Gasteiger partial charge in [0.15, 0.2) is 5.76 Å². The average molecular weight is 485 g/mol. The van der Waals surface area contributed by atoms with Crippen LogP contribution in [0.15, 0.2) is 71.5 Å². The molecule has 2 heterocycles. The molecule has 2 aromatic heterocycles. The van der Waals surface area contributed by atoms with Crippen LogP contribution in [0.25, 0.3) is 11.3 Å². The lowest BCUT2D eigenvalue weighted by Gasteiger charge is -2.17. The predicted molar refractivity (Wildman–Crippen MR) is 135 cm³/mol. The van der Waals surface area contributed by atoms with Crippen molar-refractivity contribution in [2.45, 2.75) is 39.0 Å². The number of nitrogens with one attached hydrogen (secondary N) is 1. The number of aromatic nitrogens is 3. The monoisotopic (exact) mass is 484 g/mol. The van der Waals surface area contributed by atoms with Gasteiger partial charge in [-0.2, -0.15) is 0 Å². The number of aliphatic hydroxyl groups excluding tert-OH is 1. The van der Waals surface area contributed by atoms with Gasteiger partial charge in [0.2, 0.25) is 0 Å². The molecule has 4 aromatic rings. The molecule has 0 saturated heterocycles. The second-order valence-electron chi connectivity index (χ2n) is 9.17.